The molecule has 1 aliphatic carbocycles. The second-order valence-corrected chi connectivity index (χ2v) is 6.38. The van der Waals surface area contributed by atoms with Gasteiger partial charge in [-0.15, -0.1) is 0 Å². The highest BCUT2D eigenvalue weighted by atomic mass is 15.2. The van der Waals surface area contributed by atoms with Gasteiger partial charge in [-0.1, -0.05) is 0 Å². The van der Waals surface area contributed by atoms with E-state index in [9.17, 15) is 0 Å². The first-order valence-electron chi connectivity index (χ1n) is 8.18. The largest absolute Gasteiger partial charge is 0.357 e. The minimum Gasteiger partial charge on any atom is -0.357 e. The van der Waals surface area contributed by atoms with Crippen LogP contribution in [-0.4, -0.2) is 49.7 Å². The normalized spacial score (nSPS) is 14.7. The van der Waals surface area contributed by atoms with Crippen LogP contribution in [0, 0.1) is 6.92 Å². The zero-order valence-corrected chi connectivity index (χ0v) is 14.0. The first-order chi connectivity index (χ1) is 10.1. The smallest absolute Gasteiger partial charge is 0.131 e. The predicted molar refractivity (Wildman–Crippen MR) is 89.9 cm³/mol. The second-order valence-electron chi connectivity index (χ2n) is 6.38. The molecule has 1 aromatic rings. The molecule has 0 unspecified atom stereocenters. The van der Waals surface area contributed by atoms with E-state index in [4.69, 9.17) is 4.98 Å². The molecule has 21 heavy (non-hydrogen) atoms. The molecular weight excluding hydrogens is 260 g/mol. The Morgan fingerprint density at radius 2 is 2.05 bits per heavy atom. The van der Waals surface area contributed by atoms with Crippen molar-refractivity contribution in [3.05, 3.63) is 23.4 Å². The molecule has 4 heteroatoms. The van der Waals surface area contributed by atoms with Gasteiger partial charge in [-0.05, 0) is 70.9 Å². The zero-order chi connectivity index (χ0) is 15.2. The summed E-state index contributed by atoms with van der Waals surface area (Å²) in [7, 11) is 4.25. The Balaban J connectivity index is 1.92. The first-order valence-corrected chi connectivity index (χ1v) is 8.18. The number of anilines is 1. The van der Waals surface area contributed by atoms with Gasteiger partial charge in [0.15, 0.2) is 0 Å². The summed E-state index contributed by atoms with van der Waals surface area (Å²) >= 11 is 0. The number of rotatable bonds is 9. The molecule has 1 fully saturated rings. The maximum absolute atomic E-state index is 4.72. The maximum atomic E-state index is 4.72. The van der Waals surface area contributed by atoms with E-state index in [2.05, 4.69) is 49.1 Å². The molecule has 0 spiro atoms. The molecule has 1 N–H and O–H groups in total. The molecule has 0 radical (unpaired) electrons. The summed E-state index contributed by atoms with van der Waals surface area (Å²) in [5.41, 5.74) is 2.59. The molecule has 2 rings (SSSR count). The lowest BCUT2D eigenvalue weighted by Gasteiger charge is -2.24. The highest BCUT2D eigenvalue weighted by molar-refractivity contribution is 5.47. The Labute approximate surface area is 129 Å². The van der Waals surface area contributed by atoms with Gasteiger partial charge < -0.3 is 15.1 Å². The molecule has 4 nitrogen and oxygen atoms in total. The van der Waals surface area contributed by atoms with Crippen LogP contribution in [0.2, 0.25) is 0 Å². The lowest BCUT2D eigenvalue weighted by atomic mass is 10.2. The molecule has 0 bridgehead atoms. The Morgan fingerprint density at radius 3 is 2.62 bits per heavy atom. The van der Waals surface area contributed by atoms with Gasteiger partial charge in [0, 0.05) is 31.9 Å². The van der Waals surface area contributed by atoms with Crippen molar-refractivity contribution in [2.45, 2.75) is 45.7 Å². The van der Waals surface area contributed by atoms with Crippen LogP contribution in [-0.2, 0) is 6.54 Å². The monoisotopic (exact) mass is 290 g/mol. The molecule has 1 aromatic heterocycles. The van der Waals surface area contributed by atoms with Crippen LogP contribution in [0.1, 0.15) is 37.3 Å². The van der Waals surface area contributed by atoms with Crippen LogP contribution in [0.15, 0.2) is 12.3 Å². The number of hydrogen-bond donors (Lipinski definition) is 1. The van der Waals surface area contributed by atoms with Crippen molar-refractivity contribution in [1.29, 1.82) is 0 Å². The van der Waals surface area contributed by atoms with Crippen LogP contribution < -0.4 is 10.2 Å². The highest BCUT2D eigenvalue weighted by Crippen LogP contribution is 2.21. The van der Waals surface area contributed by atoms with Crippen LogP contribution in [0.5, 0.6) is 0 Å². The zero-order valence-electron chi connectivity index (χ0n) is 14.0. The Hall–Kier alpha value is -1.13. The lowest BCUT2D eigenvalue weighted by Crippen LogP contribution is -2.28. The van der Waals surface area contributed by atoms with Crippen molar-refractivity contribution in [1.82, 2.24) is 15.2 Å². The molecule has 0 amide bonds. The summed E-state index contributed by atoms with van der Waals surface area (Å²) in [6, 6.07) is 3.04. The summed E-state index contributed by atoms with van der Waals surface area (Å²) in [4.78, 5) is 9.34. The highest BCUT2D eigenvalue weighted by Gasteiger charge is 2.20. The van der Waals surface area contributed by atoms with Gasteiger partial charge in [0.25, 0.3) is 0 Å². The molecule has 1 aliphatic rings. The fourth-order valence-electron chi connectivity index (χ4n) is 2.59. The van der Waals surface area contributed by atoms with Crippen molar-refractivity contribution in [3.63, 3.8) is 0 Å². The standard InChI is InChI=1S/C17H30N4/c1-5-21(10-6-9-20(3)4)17-14(2)11-15(13-19-17)12-18-16-7-8-16/h11,13,16,18H,5-10,12H2,1-4H3. The fourth-order valence-corrected chi connectivity index (χ4v) is 2.59. The summed E-state index contributed by atoms with van der Waals surface area (Å²) in [5, 5.41) is 3.55. The number of hydrogen-bond acceptors (Lipinski definition) is 4. The third-order valence-electron chi connectivity index (χ3n) is 3.99. The summed E-state index contributed by atoms with van der Waals surface area (Å²) in [6.07, 6.45) is 5.87. The molecule has 1 heterocycles. The van der Waals surface area contributed by atoms with Crippen LogP contribution >= 0.6 is 0 Å². The lowest BCUT2D eigenvalue weighted by molar-refractivity contribution is 0.400. The molecule has 0 saturated heterocycles. The minimum atomic E-state index is 0.753. The summed E-state index contributed by atoms with van der Waals surface area (Å²) in [5.74, 6) is 1.14. The van der Waals surface area contributed by atoms with Gasteiger partial charge in [-0.2, -0.15) is 0 Å². The Morgan fingerprint density at radius 1 is 1.29 bits per heavy atom. The van der Waals surface area contributed by atoms with Crippen LogP contribution in [0.3, 0.4) is 0 Å². The average Bonchev–Trinajstić information content (AvgIpc) is 3.26. The molecule has 0 aliphatic heterocycles. The number of pyridine rings is 1. The third-order valence-corrected chi connectivity index (χ3v) is 3.99. The Bertz CT molecular complexity index is 440. The first kappa shape index (κ1) is 16.2. The molecule has 1 saturated carbocycles. The van der Waals surface area contributed by atoms with Crippen molar-refractivity contribution in [3.8, 4) is 0 Å². The van der Waals surface area contributed by atoms with E-state index in [1.54, 1.807) is 0 Å². The molecule has 0 aromatic carbocycles. The van der Waals surface area contributed by atoms with Gasteiger partial charge in [0.1, 0.15) is 5.82 Å². The molecular formula is C17H30N4. The minimum absolute atomic E-state index is 0.753. The number of nitrogens with zero attached hydrogens (tertiary/aromatic N) is 3. The van der Waals surface area contributed by atoms with Crippen LogP contribution in [0.25, 0.3) is 0 Å². The summed E-state index contributed by atoms with van der Waals surface area (Å²) in [6.45, 7) is 8.55. The van der Waals surface area contributed by atoms with E-state index in [0.717, 1.165) is 38.0 Å². The quantitative estimate of drug-likeness (QED) is 0.757. The van der Waals surface area contributed by atoms with Gasteiger partial charge >= 0.3 is 0 Å². The van der Waals surface area contributed by atoms with Gasteiger partial charge in [-0.25, -0.2) is 4.98 Å². The second kappa shape index (κ2) is 7.76. The van der Waals surface area contributed by atoms with E-state index in [1.807, 2.05) is 6.20 Å². The van der Waals surface area contributed by atoms with Crippen molar-refractivity contribution < 1.29 is 0 Å². The number of nitrogens with one attached hydrogen (secondary N) is 1. The topological polar surface area (TPSA) is 31.4 Å². The van der Waals surface area contributed by atoms with Crippen molar-refractivity contribution >= 4 is 5.82 Å². The van der Waals surface area contributed by atoms with Crippen molar-refractivity contribution in [2.24, 2.45) is 0 Å². The predicted octanol–water partition coefficient (Wildman–Crippen LogP) is 2.42. The summed E-state index contributed by atoms with van der Waals surface area (Å²) < 4.78 is 0. The van der Waals surface area contributed by atoms with Crippen molar-refractivity contribution in [2.75, 3.05) is 38.6 Å². The van der Waals surface area contributed by atoms with E-state index >= 15 is 0 Å². The van der Waals surface area contributed by atoms with Gasteiger partial charge in [-0.3, -0.25) is 0 Å². The SMILES string of the molecule is CCN(CCCN(C)C)c1ncc(CNC2CC2)cc1C. The van der Waals surface area contributed by atoms with Gasteiger partial charge in [0.05, 0.1) is 0 Å². The molecule has 118 valence electrons. The number of aryl methyl sites for hydroxylation is 1. The average molecular weight is 290 g/mol. The van der Waals surface area contributed by atoms with Gasteiger partial charge in [0.2, 0.25) is 0 Å². The van der Waals surface area contributed by atoms with Crippen LogP contribution in [0.4, 0.5) is 5.82 Å². The van der Waals surface area contributed by atoms with E-state index in [-0.39, 0.29) is 0 Å². The fraction of sp³-hybridized carbons (Fsp3) is 0.706. The Kier molecular flexibility index (Phi) is 6.00. The van der Waals surface area contributed by atoms with E-state index < -0.39 is 0 Å². The maximum Gasteiger partial charge on any atom is 0.131 e. The van der Waals surface area contributed by atoms with E-state index in [0.29, 0.717) is 0 Å². The van der Waals surface area contributed by atoms with E-state index in [1.165, 1.54) is 30.4 Å². The molecule has 0 atom stereocenters. The third kappa shape index (κ3) is 5.29. The number of aromatic nitrogens is 1.